The number of nitrogens with zero attached hydrogens (tertiary/aromatic N) is 1. The Morgan fingerprint density at radius 3 is 2.28 bits per heavy atom. The van der Waals surface area contributed by atoms with Gasteiger partial charge in [0.05, 0.1) is 0 Å². The van der Waals surface area contributed by atoms with E-state index in [1.54, 1.807) is 0 Å². The van der Waals surface area contributed by atoms with Crippen LogP contribution in [0.4, 0.5) is 0 Å². The number of piperidine rings is 1. The minimum absolute atomic E-state index is 0.630. The minimum atomic E-state index is 0.630. The predicted molar refractivity (Wildman–Crippen MR) is 78.0 cm³/mol. The van der Waals surface area contributed by atoms with Crippen molar-refractivity contribution in [3.05, 3.63) is 35.4 Å². The summed E-state index contributed by atoms with van der Waals surface area (Å²) in [7, 11) is 0. The third-order valence-corrected chi connectivity index (χ3v) is 4.11. The SMILES string of the molecule is CC(C)c1ccc(C2CCN(CCN)CC2)cc1. The van der Waals surface area contributed by atoms with Gasteiger partial charge in [-0.15, -0.1) is 0 Å². The first-order chi connectivity index (χ1) is 8.70. The Kier molecular flexibility index (Phi) is 4.79. The Bertz CT molecular complexity index is 348. The molecule has 2 rings (SSSR count). The van der Waals surface area contributed by atoms with Crippen LogP contribution in [0, 0.1) is 0 Å². The molecule has 1 aromatic carbocycles. The quantitative estimate of drug-likeness (QED) is 0.885. The number of nitrogens with two attached hydrogens (primary N) is 1. The highest BCUT2D eigenvalue weighted by Crippen LogP contribution is 2.28. The normalized spacial score (nSPS) is 18.4. The molecule has 1 aromatic rings. The monoisotopic (exact) mass is 246 g/mol. The number of benzene rings is 1. The van der Waals surface area contributed by atoms with Crippen molar-refractivity contribution >= 4 is 0 Å². The summed E-state index contributed by atoms with van der Waals surface area (Å²) in [5.41, 5.74) is 8.57. The molecule has 18 heavy (non-hydrogen) atoms. The number of hydrogen-bond acceptors (Lipinski definition) is 2. The van der Waals surface area contributed by atoms with Gasteiger partial charge in [-0.05, 0) is 48.9 Å². The fraction of sp³-hybridized carbons (Fsp3) is 0.625. The van der Waals surface area contributed by atoms with Gasteiger partial charge in [0.1, 0.15) is 0 Å². The largest absolute Gasteiger partial charge is 0.329 e. The van der Waals surface area contributed by atoms with E-state index in [1.807, 2.05) is 0 Å². The maximum atomic E-state index is 5.61. The van der Waals surface area contributed by atoms with Crippen molar-refractivity contribution in [2.75, 3.05) is 26.2 Å². The molecule has 0 radical (unpaired) electrons. The van der Waals surface area contributed by atoms with Crippen molar-refractivity contribution in [1.82, 2.24) is 4.90 Å². The van der Waals surface area contributed by atoms with Crippen molar-refractivity contribution in [3.63, 3.8) is 0 Å². The summed E-state index contributed by atoms with van der Waals surface area (Å²) in [6, 6.07) is 9.26. The molecule has 0 saturated carbocycles. The van der Waals surface area contributed by atoms with E-state index >= 15 is 0 Å². The van der Waals surface area contributed by atoms with Crippen molar-refractivity contribution in [2.24, 2.45) is 5.73 Å². The first-order valence-corrected chi connectivity index (χ1v) is 7.23. The second-order valence-electron chi connectivity index (χ2n) is 5.73. The van der Waals surface area contributed by atoms with Crippen LogP contribution in [0.25, 0.3) is 0 Å². The van der Waals surface area contributed by atoms with Gasteiger partial charge in [-0.2, -0.15) is 0 Å². The van der Waals surface area contributed by atoms with Crippen LogP contribution >= 0.6 is 0 Å². The lowest BCUT2D eigenvalue weighted by Gasteiger charge is -2.31. The van der Waals surface area contributed by atoms with Gasteiger partial charge in [-0.3, -0.25) is 0 Å². The van der Waals surface area contributed by atoms with Crippen LogP contribution in [0.15, 0.2) is 24.3 Å². The number of hydrogen-bond donors (Lipinski definition) is 1. The van der Waals surface area contributed by atoms with Gasteiger partial charge in [-0.1, -0.05) is 38.1 Å². The van der Waals surface area contributed by atoms with E-state index in [4.69, 9.17) is 5.73 Å². The molecule has 1 aliphatic heterocycles. The van der Waals surface area contributed by atoms with Gasteiger partial charge in [0, 0.05) is 13.1 Å². The zero-order chi connectivity index (χ0) is 13.0. The summed E-state index contributed by atoms with van der Waals surface area (Å²) in [4.78, 5) is 2.49. The topological polar surface area (TPSA) is 29.3 Å². The Labute approximate surface area is 111 Å². The van der Waals surface area contributed by atoms with Crippen LogP contribution in [-0.4, -0.2) is 31.1 Å². The molecule has 0 aromatic heterocycles. The summed E-state index contributed by atoms with van der Waals surface area (Å²) in [5, 5.41) is 0. The highest BCUT2D eigenvalue weighted by Gasteiger charge is 2.19. The summed E-state index contributed by atoms with van der Waals surface area (Å²) < 4.78 is 0. The smallest absolute Gasteiger partial charge is 0.0105 e. The molecule has 0 unspecified atom stereocenters. The lowest BCUT2D eigenvalue weighted by atomic mass is 9.88. The molecule has 0 bridgehead atoms. The standard InChI is InChI=1S/C16H26N2/c1-13(2)14-3-5-15(6-4-14)16-7-10-18(11-8-16)12-9-17/h3-6,13,16H,7-12,17H2,1-2H3. The molecule has 0 aliphatic carbocycles. The van der Waals surface area contributed by atoms with E-state index in [0.717, 1.165) is 19.0 Å². The third-order valence-electron chi connectivity index (χ3n) is 4.11. The van der Waals surface area contributed by atoms with Gasteiger partial charge in [0.15, 0.2) is 0 Å². The lowest BCUT2D eigenvalue weighted by molar-refractivity contribution is 0.218. The Morgan fingerprint density at radius 1 is 1.17 bits per heavy atom. The molecule has 100 valence electrons. The minimum Gasteiger partial charge on any atom is -0.329 e. The zero-order valence-corrected chi connectivity index (χ0v) is 11.7. The molecule has 1 heterocycles. The maximum absolute atomic E-state index is 5.61. The first kappa shape index (κ1) is 13.6. The fourth-order valence-electron chi connectivity index (χ4n) is 2.83. The van der Waals surface area contributed by atoms with Crippen molar-refractivity contribution in [3.8, 4) is 0 Å². The van der Waals surface area contributed by atoms with Crippen LogP contribution < -0.4 is 5.73 Å². The third kappa shape index (κ3) is 3.33. The zero-order valence-electron chi connectivity index (χ0n) is 11.7. The van der Waals surface area contributed by atoms with E-state index in [0.29, 0.717) is 5.92 Å². The van der Waals surface area contributed by atoms with Gasteiger partial charge >= 0.3 is 0 Å². The van der Waals surface area contributed by atoms with E-state index in [-0.39, 0.29) is 0 Å². The molecular formula is C16H26N2. The van der Waals surface area contributed by atoms with Gasteiger partial charge in [0.25, 0.3) is 0 Å². The Morgan fingerprint density at radius 2 is 1.78 bits per heavy atom. The van der Waals surface area contributed by atoms with Crippen LogP contribution in [0.5, 0.6) is 0 Å². The molecule has 2 nitrogen and oxygen atoms in total. The molecule has 2 N–H and O–H groups in total. The van der Waals surface area contributed by atoms with E-state index in [2.05, 4.69) is 43.0 Å². The van der Waals surface area contributed by atoms with E-state index < -0.39 is 0 Å². The molecule has 0 amide bonds. The molecule has 2 heteroatoms. The van der Waals surface area contributed by atoms with Crippen LogP contribution in [0.3, 0.4) is 0 Å². The molecular weight excluding hydrogens is 220 g/mol. The van der Waals surface area contributed by atoms with Gasteiger partial charge in [0.2, 0.25) is 0 Å². The summed E-state index contributed by atoms with van der Waals surface area (Å²) in [6.45, 7) is 8.75. The number of rotatable bonds is 4. The van der Waals surface area contributed by atoms with Crippen molar-refractivity contribution in [2.45, 2.75) is 38.5 Å². The lowest BCUT2D eigenvalue weighted by Crippen LogP contribution is -2.36. The second kappa shape index (κ2) is 6.35. The van der Waals surface area contributed by atoms with Crippen LogP contribution in [0.2, 0.25) is 0 Å². The summed E-state index contributed by atoms with van der Waals surface area (Å²) >= 11 is 0. The van der Waals surface area contributed by atoms with E-state index in [1.165, 1.54) is 37.1 Å². The van der Waals surface area contributed by atoms with Crippen LogP contribution in [-0.2, 0) is 0 Å². The van der Waals surface area contributed by atoms with Crippen molar-refractivity contribution in [1.29, 1.82) is 0 Å². The molecule has 1 fully saturated rings. The highest BCUT2D eigenvalue weighted by atomic mass is 15.1. The fourth-order valence-corrected chi connectivity index (χ4v) is 2.83. The van der Waals surface area contributed by atoms with Crippen molar-refractivity contribution < 1.29 is 0 Å². The Hall–Kier alpha value is -0.860. The predicted octanol–water partition coefficient (Wildman–Crippen LogP) is 2.95. The summed E-state index contributed by atoms with van der Waals surface area (Å²) in [5.74, 6) is 1.38. The molecule has 1 aliphatic rings. The number of likely N-dealkylation sites (tertiary alicyclic amines) is 1. The molecule has 0 atom stereocenters. The maximum Gasteiger partial charge on any atom is 0.0105 e. The Balaban J connectivity index is 1.93. The van der Waals surface area contributed by atoms with Crippen LogP contribution in [0.1, 0.15) is 49.7 Å². The second-order valence-corrected chi connectivity index (χ2v) is 5.73. The summed E-state index contributed by atoms with van der Waals surface area (Å²) in [6.07, 6.45) is 2.56. The first-order valence-electron chi connectivity index (χ1n) is 7.23. The average molecular weight is 246 g/mol. The molecule has 1 saturated heterocycles. The average Bonchev–Trinajstić information content (AvgIpc) is 2.40. The van der Waals surface area contributed by atoms with E-state index in [9.17, 15) is 0 Å². The van der Waals surface area contributed by atoms with Gasteiger partial charge in [-0.25, -0.2) is 0 Å². The molecule has 0 spiro atoms. The van der Waals surface area contributed by atoms with Gasteiger partial charge < -0.3 is 10.6 Å². The highest BCUT2D eigenvalue weighted by molar-refractivity contribution is 5.27.